The molecule has 100 valence electrons. The Morgan fingerprint density at radius 1 is 1.16 bits per heavy atom. The Labute approximate surface area is 119 Å². The first kappa shape index (κ1) is 14.0. The van der Waals surface area contributed by atoms with Crippen LogP contribution in [0.1, 0.15) is 17.2 Å². The van der Waals surface area contributed by atoms with Gasteiger partial charge in [-0.25, -0.2) is 0 Å². The van der Waals surface area contributed by atoms with Gasteiger partial charge in [0.2, 0.25) is 0 Å². The van der Waals surface area contributed by atoms with Crippen molar-refractivity contribution in [2.45, 2.75) is 17.9 Å². The van der Waals surface area contributed by atoms with E-state index in [-0.39, 0.29) is 6.04 Å². The Morgan fingerprint density at radius 2 is 1.95 bits per heavy atom. The molecule has 0 amide bonds. The summed E-state index contributed by atoms with van der Waals surface area (Å²) < 4.78 is 5.22. The summed E-state index contributed by atoms with van der Waals surface area (Å²) in [7, 11) is 1.67. The van der Waals surface area contributed by atoms with Crippen molar-refractivity contribution in [3.05, 3.63) is 59.7 Å². The van der Waals surface area contributed by atoms with Crippen LogP contribution in [0.2, 0.25) is 0 Å². The van der Waals surface area contributed by atoms with Crippen LogP contribution >= 0.6 is 11.8 Å². The van der Waals surface area contributed by atoms with E-state index in [1.54, 1.807) is 18.9 Å². The van der Waals surface area contributed by atoms with E-state index in [0.717, 1.165) is 17.1 Å². The van der Waals surface area contributed by atoms with E-state index in [1.807, 2.05) is 24.3 Å². The highest BCUT2D eigenvalue weighted by Gasteiger charge is 2.07. The van der Waals surface area contributed by atoms with E-state index in [4.69, 9.17) is 10.5 Å². The average molecular weight is 273 g/mol. The van der Waals surface area contributed by atoms with Gasteiger partial charge in [-0.05, 0) is 36.8 Å². The Bertz CT molecular complexity index is 542. The maximum absolute atomic E-state index is 6.23. The topological polar surface area (TPSA) is 35.2 Å². The lowest BCUT2D eigenvalue weighted by Crippen LogP contribution is -2.12. The SMILES string of the molecule is COc1cccc(C(N)CSc2cccc(C)c2)c1. The van der Waals surface area contributed by atoms with E-state index < -0.39 is 0 Å². The fourth-order valence-electron chi connectivity index (χ4n) is 1.86. The lowest BCUT2D eigenvalue weighted by atomic mass is 10.1. The molecule has 0 aliphatic carbocycles. The number of benzene rings is 2. The van der Waals surface area contributed by atoms with Crippen LogP contribution in [0, 0.1) is 6.92 Å². The summed E-state index contributed by atoms with van der Waals surface area (Å²) in [5, 5.41) is 0. The van der Waals surface area contributed by atoms with Crippen molar-refractivity contribution in [3.63, 3.8) is 0 Å². The second-order valence-electron chi connectivity index (χ2n) is 4.51. The van der Waals surface area contributed by atoms with Gasteiger partial charge in [-0.2, -0.15) is 0 Å². The third-order valence-electron chi connectivity index (χ3n) is 2.94. The zero-order valence-electron chi connectivity index (χ0n) is 11.3. The number of thioether (sulfide) groups is 1. The van der Waals surface area contributed by atoms with Crippen molar-refractivity contribution in [2.24, 2.45) is 5.73 Å². The van der Waals surface area contributed by atoms with Crippen molar-refractivity contribution in [2.75, 3.05) is 12.9 Å². The van der Waals surface area contributed by atoms with Crippen LogP contribution in [0.4, 0.5) is 0 Å². The normalized spacial score (nSPS) is 12.2. The zero-order chi connectivity index (χ0) is 13.7. The van der Waals surface area contributed by atoms with Crippen molar-refractivity contribution in [1.29, 1.82) is 0 Å². The number of ether oxygens (including phenoxy) is 1. The Kier molecular flexibility index (Phi) is 4.88. The molecule has 19 heavy (non-hydrogen) atoms. The molecule has 2 N–H and O–H groups in total. The number of nitrogens with two attached hydrogens (primary N) is 1. The predicted molar refractivity (Wildman–Crippen MR) is 81.8 cm³/mol. The van der Waals surface area contributed by atoms with Gasteiger partial charge < -0.3 is 10.5 Å². The Morgan fingerprint density at radius 3 is 2.68 bits per heavy atom. The van der Waals surface area contributed by atoms with Crippen LogP contribution in [-0.2, 0) is 0 Å². The first-order chi connectivity index (χ1) is 9.19. The zero-order valence-corrected chi connectivity index (χ0v) is 12.1. The predicted octanol–water partition coefficient (Wildman–Crippen LogP) is 3.80. The van der Waals surface area contributed by atoms with Gasteiger partial charge in [-0.1, -0.05) is 29.8 Å². The van der Waals surface area contributed by atoms with Crippen LogP contribution in [0.5, 0.6) is 5.75 Å². The smallest absolute Gasteiger partial charge is 0.119 e. The van der Waals surface area contributed by atoms with Gasteiger partial charge in [0.25, 0.3) is 0 Å². The molecule has 0 aromatic heterocycles. The maximum atomic E-state index is 6.23. The van der Waals surface area contributed by atoms with Crippen molar-refractivity contribution >= 4 is 11.8 Å². The molecular weight excluding hydrogens is 254 g/mol. The quantitative estimate of drug-likeness (QED) is 0.842. The van der Waals surface area contributed by atoms with Gasteiger partial charge in [0, 0.05) is 16.7 Å². The van der Waals surface area contributed by atoms with Gasteiger partial charge in [0.15, 0.2) is 0 Å². The molecule has 1 atom stereocenters. The molecule has 2 aromatic rings. The molecule has 2 rings (SSSR count). The van der Waals surface area contributed by atoms with Crippen LogP contribution in [0.15, 0.2) is 53.4 Å². The van der Waals surface area contributed by atoms with E-state index in [0.29, 0.717) is 0 Å². The fourth-order valence-corrected chi connectivity index (χ4v) is 2.87. The second-order valence-corrected chi connectivity index (χ2v) is 5.60. The third kappa shape index (κ3) is 4.01. The van der Waals surface area contributed by atoms with Crippen LogP contribution in [-0.4, -0.2) is 12.9 Å². The van der Waals surface area contributed by atoms with E-state index in [2.05, 4.69) is 31.2 Å². The van der Waals surface area contributed by atoms with Crippen LogP contribution in [0.3, 0.4) is 0 Å². The molecule has 2 aromatic carbocycles. The molecule has 0 saturated heterocycles. The highest BCUT2D eigenvalue weighted by molar-refractivity contribution is 7.99. The highest BCUT2D eigenvalue weighted by atomic mass is 32.2. The van der Waals surface area contributed by atoms with Crippen molar-refractivity contribution in [1.82, 2.24) is 0 Å². The highest BCUT2D eigenvalue weighted by Crippen LogP contribution is 2.25. The first-order valence-corrected chi connectivity index (χ1v) is 7.26. The molecule has 0 spiro atoms. The van der Waals surface area contributed by atoms with Gasteiger partial charge >= 0.3 is 0 Å². The Balaban J connectivity index is 1.99. The van der Waals surface area contributed by atoms with Crippen molar-refractivity contribution < 1.29 is 4.74 Å². The molecule has 0 fully saturated rings. The number of rotatable bonds is 5. The molecule has 0 bridgehead atoms. The summed E-state index contributed by atoms with van der Waals surface area (Å²) in [5.74, 6) is 1.71. The number of hydrogen-bond acceptors (Lipinski definition) is 3. The minimum Gasteiger partial charge on any atom is -0.497 e. The van der Waals surface area contributed by atoms with E-state index in [1.165, 1.54) is 10.5 Å². The molecule has 0 aliphatic rings. The van der Waals surface area contributed by atoms with E-state index >= 15 is 0 Å². The van der Waals surface area contributed by atoms with E-state index in [9.17, 15) is 0 Å². The molecular formula is C16H19NOS. The second kappa shape index (κ2) is 6.64. The summed E-state index contributed by atoms with van der Waals surface area (Å²) in [6.45, 7) is 2.10. The molecule has 0 radical (unpaired) electrons. The summed E-state index contributed by atoms with van der Waals surface area (Å²) in [6, 6.07) is 16.5. The largest absolute Gasteiger partial charge is 0.497 e. The monoisotopic (exact) mass is 273 g/mol. The van der Waals surface area contributed by atoms with Crippen LogP contribution < -0.4 is 10.5 Å². The summed E-state index contributed by atoms with van der Waals surface area (Å²) in [6.07, 6.45) is 0. The van der Waals surface area contributed by atoms with Gasteiger partial charge in [-0.15, -0.1) is 11.8 Å². The van der Waals surface area contributed by atoms with Crippen molar-refractivity contribution in [3.8, 4) is 5.75 Å². The van der Waals surface area contributed by atoms with Crippen LogP contribution in [0.25, 0.3) is 0 Å². The minimum atomic E-state index is 0.0145. The molecule has 1 unspecified atom stereocenters. The molecule has 0 saturated carbocycles. The average Bonchev–Trinajstić information content (AvgIpc) is 2.45. The Hall–Kier alpha value is -1.45. The number of aryl methyl sites for hydroxylation is 1. The van der Waals surface area contributed by atoms with Gasteiger partial charge in [-0.3, -0.25) is 0 Å². The summed E-state index contributed by atoms with van der Waals surface area (Å²) >= 11 is 1.79. The number of methoxy groups -OCH3 is 1. The maximum Gasteiger partial charge on any atom is 0.119 e. The lowest BCUT2D eigenvalue weighted by Gasteiger charge is -2.13. The molecule has 3 heteroatoms. The fraction of sp³-hybridized carbons (Fsp3) is 0.250. The third-order valence-corrected chi connectivity index (χ3v) is 4.05. The van der Waals surface area contributed by atoms with Gasteiger partial charge in [0.05, 0.1) is 7.11 Å². The standard InChI is InChI=1S/C16H19NOS/c1-12-5-3-8-15(9-12)19-11-16(17)13-6-4-7-14(10-13)18-2/h3-10,16H,11,17H2,1-2H3. The summed E-state index contributed by atoms with van der Waals surface area (Å²) in [5.41, 5.74) is 8.62. The molecule has 2 nitrogen and oxygen atoms in total. The molecule has 0 aliphatic heterocycles. The number of hydrogen-bond donors (Lipinski definition) is 1. The first-order valence-electron chi connectivity index (χ1n) is 6.28. The summed E-state index contributed by atoms with van der Waals surface area (Å²) in [4.78, 5) is 1.26. The minimum absolute atomic E-state index is 0.0145. The lowest BCUT2D eigenvalue weighted by molar-refractivity contribution is 0.414. The molecule has 0 heterocycles. The van der Waals surface area contributed by atoms with Gasteiger partial charge in [0.1, 0.15) is 5.75 Å².